The van der Waals surface area contributed by atoms with E-state index in [0.29, 0.717) is 23.6 Å². The molecule has 0 aliphatic carbocycles. The summed E-state index contributed by atoms with van der Waals surface area (Å²) < 4.78 is 33.2. The maximum Gasteiger partial charge on any atom is 0.261 e. The molecule has 0 saturated heterocycles. The van der Waals surface area contributed by atoms with Gasteiger partial charge in [-0.2, -0.15) is 0 Å². The Morgan fingerprint density at radius 3 is 2.30 bits per heavy atom. The van der Waals surface area contributed by atoms with E-state index < -0.39 is 10.0 Å². The summed E-state index contributed by atoms with van der Waals surface area (Å²) in [6.45, 7) is 1.83. The van der Waals surface area contributed by atoms with Gasteiger partial charge >= 0.3 is 0 Å². The van der Waals surface area contributed by atoms with Crippen molar-refractivity contribution in [2.75, 3.05) is 4.72 Å². The lowest BCUT2D eigenvalue weighted by Crippen LogP contribution is -2.13. The van der Waals surface area contributed by atoms with Gasteiger partial charge in [-0.15, -0.1) is 0 Å². The summed E-state index contributed by atoms with van der Waals surface area (Å²) in [5.41, 5.74) is 1.81. The smallest absolute Gasteiger partial charge is 0.261 e. The molecule has 5 nitrogen and oxygen atoms in total. The number of ketones is 1. The zero-order valence-corrected chi connectivity index (χ0v) is 15.6. The molecule has 0 radical (unpaired) electrons. The van der Waals surface area contributed by atoms with Crippen molar-refractivity contribution in [3.05, 3.63) is 90.0 Å². The van der Waals surface area contributed by atoms with Crippen LogP contribution in [0, 0.1) is 0 Å². The number of ether oxygens (including phenoxy) is 1. The standard InChI is InChI=1S/C21H19NO4S/c1-16(23)18-8-5-9-21(14-18)27(24,25)22-19-10-12-20(13-11-19)26-15-17-6-3-2-4-7-17/h2-14,22H,15H2,1H3. The lowest BCUT2D eigenvalue weighted by Gasteiger charge is -2.10. The SMILES string of the molecule is CC(=O)c1cccc(S(=O)(=O)Nc2ccc(OCc3ccccc3)cc2)c1. The minimum absolute atomic E-state index is 0.0413. The van der Waals surface area contributed by atoms with Gasteiger partial charge in [-0.05, 0) is 48.9 Å². The maximum atomic E-state index is 12.5. The predicted octanol–water partition coefficient (Wildman–Crippen LogP) is 4.27. The first-order valence-corrected chi connectivity index (χ1v) is 9.83. The van der Waals surface area contributed by atoms with Crippen LogP contribution in [0.1, 0.15) is 22.8 Å². The van der Waals surface area contributed by atoms with Gasteiger partial charge in [0.2, 0.25) is 0 Å². The van der Waals surface area contributed by atoms with Crippen molar-refractivity contribution >= 4 is 21.5 Å². The second-order valence-corrected chi connectivity index (χ2v) is 7.67. The first-order valence-electron chi connectivity index (χ1n) is 8.35. The Hall–Kier alpha value is -3.12. The number of benzene rings is 3. The van der Waals surface area contributed by atoms with E-state index in [-0.39, 0.29) is 10.7 Å². The summed E-state index contributed by atoms with van der Waals surface area (Å²) in [7, 11) is -3.78. The third-order valence-electron chi connectivity index (χ3n) is 3.91. The Balaban J connectivity index is 1.68. The quantitative estimate of drug-likeness (QED) is 0.621. The molecule has 0 aliphatic rings. The van der Waals surface area contributed by atoms with E-state index >= 15 is 0 Å². The van der Waals surface area contributed by atoms with Crippen LogP contribution in [0.5, 0.6) is 5.75 Å². The van der Waals surface area contributed by atoms with Crippen molar-refractivity contribution < 1.29 is 17.9 Å². The number of anilines is 1. The number of Topliss-reactive ketones (excluding diaryl/α,β-unsaturated/α-hetero) is 1. The molecule has 0 aliphatic heterocycles. The van der Waals surface area contributed by atoms with Gasteiger partial charge < -0.3 is 4.74 Å². The molecule has 3 aromatic rings. The fourth-order valence-electron chi connectivity index (χ4n) is 2.46. The summed E-state index contributed by atoms with van der Waals surface area (Å²) in [6.07, 6.45) is 0. The highest BCUT2D eigenvalue weighted by Crippen LogP contribution is 2.21. The molecule has 0 saturated carbocycles. The van der Waals surface area contributed by atoms with Gasteiger partial charge in [-0.1, -0.05) is 42.5 Å². The number of nitrogens with one attached hydrogen (secondary N) is 1. The van der Waals surface area contributed by atoms with E-state index in [4.69, 9.17) is 4.74 Å². The van der Waals surface area contributed by atoms with Crippen molar-refractivity contribution in [2.24, 2.45) is 0 Å². The van der Waals surface area contributed by atoms with E-state index in [0.717, 1.165) is 5.56 Å². The zero-order chi connectivity index (χ0) is 19.3. The van der Waals surface area contributed by atoms with Crippen LogP contribution >= 0.6 is 0 Å². The van der Waals surface area contributed by atoms with E-state index in [1.165, 1.54) is 19.1 Å². The molecule has 0 fully saturated rings. The van der Waals surface area contributed by atoms with Crippen LogP contribution in [-0.2, 0) is 16.6 Å². The van der Waals surface area contributed by atoms with Crippen LogP contribution in [0.3, 0.4) is 0 Å². The summed E-state index contributed by atoms with van der Waals surface area (Å²) in [6, 6.07) is 22.4. The van der Waals surface area contributed by atoms with E-state index in [9.17, 15) is 13.2 Å². The maximum absolute atomic E-state index is 12.5. The monoisotopic (exact) mass is 381 g/mol. The highest BCUT2D eigenvalue weighted by molar-refractivity contribution is 7.92. The lowest BCUT2D eigenvalue weighted by atomic mass is 10.2. The van der Waals surface area contributed by atoms with E-state index in [2.05, 4.69) is 4.72 Å². The van der Waals surface area contributed by atoms with Crippen molar-refractivity contribution in [3.63, 3.8) is 0 Å². The number of carbonyl (C=O) groups excluding carboxylic acids is 1. The van der Waals surface area contributed by atoms with Crippen molar-refractivity contribution in [1.82, 2.24) is 0 Å². The number of sulfonamides is 1. The second-order valence-electron chi connectivity index (χ2n) is 5.99. The summed E-state index contributed by atoms with van der Waals surface area (Å²) in [5.74, 6) is 0.451. The molecule has 0 heterocycles. The Kier molecular flexibility index (Phi) is 5.57. The Morgan fingerprint density at radius 2 is 1.63 bits per heavy atom. The molecule has 3 aromatic carbocycles. The topological polar surface area (TPSA) is 72.5 Å². The largest absolute Gasteiger partial charge is 0.489 e. The molecular formula is C21H19NO4S. The molecule has 0 bridgehead atoms. The van der Waals surface area contributed by atoms with Gasteiger partial charge in [0.05, 0.1) is 4.90 Å². The predicted molar refractivity (Wildman–Crippen MR) is 104 cm³/mol. The molecule has 0 spiro atoms. The van der Waals surface area contributed by atoms with Crippen LogP contribution in [0.4, 0.5) is 5.69 Å². The third kappa shape index (κ3) is 4.95. The van der Waals surface area contributed by atoms with Gasteiger partial charge in [-0.25, -0.2) is 8.42 Å². The van der Waals surface area contributed by atoms with Crippen molar-refractivity contribution in [3.8, 4) is 5.75 Å². The molecule has 3 rings (SSSR count). The first kappa shape index (κ1) is 18.7. The minimum atomic E-state index is -3.78. The van der Waals surface area contributed by atoms with Crippen LogP contribution < -0.4 is 9.46 Å². The van der Waals surface area contributed by atoms with Crippen LogP contribution in [-0.4, -0.2) is 14.2 Å². The number of rotatable bonds is 7. The van der Waals surface area contributed by atoms with Crippen LogP contribution in [0.25, 0.3) is 0 Å². The second kappa shape index (κ2) is 8.05. The van der Waals surface area contributed by atoms with Crippen LogP contribution in [0.15, 0.2) is 83.8 Å². The first-order chi connectivity index (χ1) is 12.9. The molecule has 0 amide bonds. The van der Waals surface area contributed by atoms with Gasteiger partial charge in [0.15, 0.2) is 5.78 Å². The third-order valence-corrected chi connectivity index (χ3v) is 5.28. The molecule has 0 aromatic heterocycles. The highest BCUT2D eigenvalue weighted by Gasteiger charge is 2.15. The fourth-order valence-corrected chi connectivity index (χ4v) is 3.56. The van der Waals surface area contributed by atoms with Crippen molar-refractivity contribution in [2.45, 2.75) is 18.4 Å². The normalized spacial score (nSPS) is 11.0. The average molecular weight is 381 g/mol. The molecule has 6 heteroatoms. The summed E-state index contributed by atoms with van der Waals surface area (Å²) in [4.78, 5) is 11.5. The zero-order valence-electron chi connectivity index (χ0n) is 14.8. The average Bonchev–Trinajstić information content (AvgIpc) is 2.68. The minimum Gasteiger partial charge on any atom is -0.489 e. The van der Waals surface area contributed by atoms with Crippen LogP contribution in [0.2, 0.25) is 0 Å². The fraction of sp³-hybridized carbons (Fsp3) is 0.0952. The highest BCUT2D eigenvalue weighted by atomic mass is 32.2. The molecule has 27 heavy (non-hydrogen) atoms. The number of hydrogen-bond donors (Lipinski definition) is 1. The van der Waals surface area contributed by atoms with Gasteiger partial charge in [0, 0.05) is 11.3 Å². The Bertz CT molecular complexity index is 1030. The molecule has 138 valence electrons. The van der Waals surface area contributed by atoms with E-state index in [1.54, 1.807) is 36.4 Å². The molecule has 0 atom stereocenters. The molecule has 1 N–H and O–H groups in total. The molecular weight excluding hydrogens is 362 g/mol. The number of carbonyl (C=O) groups is 1. The van der Waals surface area contributed by atoms with Gasteiger partial charge in [0.1, 0.15) is 12.4 Å². The van der Waals surface area contributed by atoms with Crippen molar-refractivity contribution in [1.29, 1.82) is 0 Å². The van der Waals surface area contributed by atoms with E-state index in [1.807, 2.05) is 30.3 Å². The van der Waals surface area contributed by atoms with Gasteiger partial charge in [0.25, 0.3) is 10.0 Å². The lowest BCUT2D eigenvalue weighted by molar-refractivity contribution is 0.101. The van der Waals surface area contributed by atoms with Gasteiger partial charge in [-0.3, -0.25) is 9.52 Å². The Labute approximate surface area is 158 Å². The summed E-state index contributed by atoms with van der Waals surface area (Å²) >= 11 is 0. The Morgan fingerprint density at radius 1 is 0.926 bits per heavy atom. The summed E-state index contributed by atoms with van der Waals surface area (Å²) in [5, 5.41) is 0. The number of hydrogen-bond acceptors (Lipinski definition) is 4. The molecule has 0 unspecified atom stereocenters.